The number of methoxy groups -OCH3 is 1. The molecule has 2 saturated carbocycles. The van der Waals surface area contributed by atoms with E-state index in [0.717, 1.165) is 51.5 Å². The van der Waals surface area contributed by atoms with E-state index in [-0.39, 0.29) is 36.2 Å². The van der Waals surface area contributed by atoms with E-state index in [2.05, 4.69) is 32.3 Å². The summed E-state index contributed by atoms with van der Waals surface area (Å²) in [6.45, 7) is 2.09. The topological polar surface area (TPSA) is 125 Å². The van der Waals surface area contributed by atoms with Crippen LogP contribution < -0.4 is 32.3 Å². The number of amides is 2. The maximum atomic E-state index is 12.2. The first-order valence-corrected chi connectivity index (χ1v) is 12.9. The summed E-state index contributed by atoms with van der Waals surface area (Å²) < 4.78 is 5.45. The Kier molecular flexibility index (Phi) is 9.34. The molecular formula is C23H42N6O4. The van der Waals surface area contributed by atoms with Crippen LogP contribution in [0.15, 0.2) is 0 Å². The molecule has 0 spiro atoms. The highest BCUT2D eigenvalue weighted by Gasteiger charge is 2.39. The Labute approximate surface area is 197 Å². The van der Waals surface area contributed by atoms with Gasteiger partial charge < -0.3 is 15.4 Å². The highest BCUT2D eigenvalue weighted by molar-refractivity contribution is 5.79. The minimum atomic E-state index is -0.130. The Morgan fingerprint density at radius 3 is 2.76 bits per heavy atom. The van der Waals surface area contributed by atoms with Gasteiger partial charge in [-0.1, -0.05) is 12.8 Å². The van der Waals surface area contributed by atoms with Crippen molar-refractivity contribution < 1.29 is 19.2 Å². The van der Waals surface area contributed by atoms with Crippen LogP contribution in [0, 0.1) is 17.8 Å². The molecule has 0 radical (unpaired) electrons. The summed E-state index contributed by atoms with van der Waals surface area (Å²) in [5, 5.41) is 9.89. The molecule has 5 unspecified atom stereocenters. The minimum absolute atomic E-state index is 0.0432. The first-order chi connectivity index (χ1) is 16.1. The van der Waals surface area contributed by atoms with Gasteiger partial charge in [-0.05, 0) is 56.8 Å². The zero-order valence-corrected chi connectivity index (χ0v) is 19.9. The molecule has 2 aliphatic heterocycles. The fourth-order valence-corrected chi connectivity index (χ4v) is 5.89. The third-order valence-corrected chi connectivity index (χ3v) is 7.90. The Hall–Kier alpha value is -1.30. The molecule has 0 aromatic rings. The zero-order chi connectivity index (χ0) is 23.0. The fraction of sp³-hybridized carbons (Fsp3) is 0.913. The van der Waals surface area contributed by atoms with Gasteiger partial charge in [-0.15, -0.1) is 0 Å². The molecule has 188 valence electrons. The van der Waals surface area contributed by atoms with E-state index in [1.54, 1.807) is 7.11 Å². The third-order valence-electron chi connectivity index (χ3n) is 7.90. The lowest BCUT2D eigenvalue weighted by molar-refractivity contribution is -0.133. The summed E-state index contributed by atoms with van der Waals surface area (Å²) >= 11 is 0. The smallest absolute Gasteiger partial charge is 0.237 e. The number of hydrazine groups is 1. The van der Waals surface area contributed by atoms with Gasteiger partial charge in [0.15, 0.2) is 0 Å². The van der Waals surface area contributed by atoms with Gasteiger partial charge in [0, 0.05) is 45.1 Å². The second kappa shape index (κ2) is 12.4. The number of nitrogens with one attached hydrogen (secondary N) is 6. The maximum Gasteiger partial charge on any atom is 0.237 e. The Morgan fingerprint density at radius 1 is 1.12 bits per heavy atom. The molecule has 2 saturated heterocycles. The molecule has 4 fully saturated rings. The zero-order valence-electron chi connectivity index (χ0n) is 19.9. The number of hydrogen-bond donors (Lipinski definition) is 6. The molecule has 0 aromatic carbocycles. The molecular weight excluding hydrogens is 424 g/mol. The Balaban J connectivity index is 1.04. The van der Waals surface area contributed by atoms with Crippen LogP contribution in [-0.2, 0) is 19.2 Å². The average molecular weight is 467 g/mol. The van der Waals surface area contributed by atoms with Crippen molar-refractivity contribution in [3.63, 3.8) is 0 Å². The monoisotopic (exact) mass is 466 g/mol. The Bertz CT molecular complexity index is 644. The van der Waals surface area contributed by atoms with E-state index in [1.165, 1.54) is 6.42 Å². The van der Waals surface area contributed by atoms with Gasteiger partial charge in [-0.3, -0.25) is 25.2 Å². The lowest BCUT2D eigenvalue weighted by Crippen LogP contribution is -2.62. The second-order valence-electron chi connectivity index (χ2n) is 10.0. The third kappa shape index (κ3) is 6.86. The van der Waals surface area contributed by atoms with Crippen molar-refractivity contribution in [1.29, 1.82) is 0 Å². The van der Waals surface area contributed by atoms with Crippen LogP contribution in [-0.4, -0.2) is 63.1 Å². The molecule has 2 amide bonds. The highest BCUT2D eigenvalue weighted by Crippen LogP contribution is 2.34. The quantitative estimate of drug-likeness (QED) is 0.254. The van der Waals surface area contributed by atoms with E-state index in [0.29, 0.717) is 43.9 Å². The normalized spacial score (nSPS) is 36.8. The molecule has 0 aromatic heterocycles. The first kappa shape index (κ1) is 24.8. The van der Waals surface area contributed by atoms with Crippen LogP contribution in [0.1, 0.15) is 64.2 Å². The number of carbonyl (C=O) groups excluding carboxylic acids is 2. The van der Waals surface area contributed by atoms with Crippen molar-refractivity contribution in [2.75, 3.05) is 26.7 Å². The van der Waals surface area contributed by atoms with Crippen molar-refractivity contribution in [2.45, 2.75) is 88.7 Å². The van der Waals surface area contributed by atoms with Crippen LogP contribution in [0.4, 0.5) is 0 Å². The Morgan fingerprint density at radius 2 is 1.94 bits per heavy atom. The largest absolute Gasteiger partial charge is 0.381 e. The van der Waals surface area contributed by atoms with Crippen LogP contribution in [0.25, 0.3) is 0 Å². The van der Waals surface area contributed by atoms with Crippen LogP contribution in [0.2, 0.25) is 0 Å². The van der Waals surface area contributed by atoms with Crippen LogP contribution in [0.5, 0.6) is 0 Å². The van der Waals surface area contributed by atoms with Gasteiger partial charge in [0.1, 0.15) is 6.23 Å². The van der Waals surface area contributed by atoms with Crippen molar-refractivity contribution in [1.82, 2.24) is 32.3 Å². The van der Waals surface area contributed by atoms with Gasteiger partial charge in [0.2, 0.25) is 11.8 Å². The van der Waals surface area contributed by atoms with Gasteiger partial charge >= 0.3 is 0 Å². The number of carbonyl (C=O) groups is 2. The molecule has 10 nitrogen and oxygen atoms in total. The van der Waals surface area contributed by atoms with Crippen LogP contribution in [0.3, 0.4) is 0 Å². The van der Waals surface area contributed by atoms with E-state index in [4.69, 9.17) is 9.57 Å². The lowest BCUT2D eigenvalue weighted by atomic mass is 9.74. The molecule has 33 heavy (non-hydrogen) atoms. The van der Waals surface area contributed by atoms with Gasteiger partial charge in [0.05, 0.1) is 12.3 Å². The summed E-state index contributed by atoms with van der Waals surface area (Å²) in [5.41, 5.74) is 9.13. The number of hydrogen-bond acceptors (Lipinski definition) is 8. The van der Waals surface area contributed by atoms with E-state index < -0.39 is 0 Å². The summed E-state index contributed by atoms with van der Waals surface area (Å²) in [5.74, 6) is 1.27. The average Bonchev–Trinajstić information content (AvgIpc) is 3.33. The predicted molar refractivity (Wildman–Crippen MR) is 123 cm³/mol. The number of rotatable bonds is 10. The highest BCUT2D eigenvalue weighted by atomic mass is 16.7. The fourth-order valence-electron chi connectivity index (χ4n) is 5.89. The summed E-state index contributed by atoms with van der Waals surface area (Å²) in [7, 11) is 1.79. The van der Waals surface area contributed by atoms with E-state index in [9.17, 15) is 9.59 Å². The summed E-state index contributed by atoms with van der Waals surface area (Å²) in [4.78, 5) is 29.9. The first-order valence-electron chi connectivity index (χ1n) is 12.9. The van der Waals surface area contributed by atoms with Crippen LogP contribution >= 0.6 is 0 Å². The van der Waals surface area contributed by atoms with Gasteiger partial charge in [0.25, 0.3) is 0 Å². The van der Waals surface area contributed by atoms with Crippen molar-refractivity contribution >= 4 is 11.8 Å². The molecule has 2 aliphatic carbocycles. The van der Waals surface area contributed by atoms with E-state index >= 15 is 0 Å². The standard InChI is InChI=1S/C23H42N6O4/c1-32-16-8-6-15(7-9-16)22-26-21(33-29-22)11-10-20(30)25-13-12-24-14-19-17-4-2-3-5-18(17)23(31)28-27-19/h15-19,21-22,24,26-27,29H,2-14H2,1H3,(H,25,30)(H,28,31). The number of hydroxylamine groups is 1. The maximum absolute atomic E-state index is 12.2. The van der Waals surface area contributed by atoms with Gasteiger partial charge in [-0.2, -0.15) is 5.48 Å². The van der Waals surface area contributed by atoms with Crippen molar-refractivity contribution in [2.24, 2.45) is 17.8 Å². The minimum Gasteiger partial charge on any atom is -0.381 e. The lowest BCUT2D eigenvalue weighted by Gasteiger charge is -2.41. The summed E-state index contributed by atoms with van der Waals surface area (Å²) in [6, 6.07) is 0.249. The molecule has 6 N–H and O–H groups in total. The van der Waals surface area contributed by atoms with Crippen molar-refractivity contribution in [3.8, 4) is 0 Å². The number of fused-ring (bicyclic) bond motifs is 1. The molecule has 4 rings (SSSR count). The van der Waals surface area contributed by atoms with Crippen molar-refractivity contribution in [3.05, 3.63) is 0 Å². The van der Waals surface area contributed by atoms with Gasteiger partial charge in [-0.25, -0.2) is 5.43 Å². The SMILES string of the molecule is COC1CCC(C2NOC(CCC(=O)NCCNCC3NNC(=O)C4CCCCC34)N2)CC1. The van der Waals surface area contributed by atoms with E-state index in [1.807, 2.05) is 0 Å². The number of ether oxygens (including phenoxy) is 1. The second-order valence-corrected chi connectivity index (χ2v) is 10.0. The summed E-state index contributed by atoms with van der Waals surface area (Å²) in [6.07, 6.45) is 10.4. The molecule has 0 bridgehead atoms. The predicted octanol–water partition coefficient (Wildman–Crippen LogP) is 0.264. The molecule has 5 atom stereocenters. The molecule has 10 heteroatoms. The molecule has 4 aliphatic rings. The molecule has 2 heterocycles.